The molecule has 0 amide bonds. The van der Waals surface area contributed by atoms with Crippen LogP contribution in [0.1, 0.15) is 78.0 Å². The van der Waals surface area contributed by atoms with Crippen molar-refractivity contribution >= 4 is 0 Å². The first kappa shape index (κ1) is 18.0. The molecule has 5 heteroatoms. The third kappa shape index (κ3) is 6.46. The summed E-state index contributed by atoms with van der Waals surface area (Å²) in [7, 11) is 0. The van der Waals surface area contributed by atoms with E-state index in [1.807, 2.05) is 20.8 Å². The summed E-state index contributed by atoms with van der Waals surface area (Å²) in [5.74, 6) is 0.885. The van der Waals surface area contributed by atoms with Gasteiger partial charge in [-0.15, -0.1) is 0 Å². The molecule has 21 heavy (non-hydrogen) atoms. The second kappa shape index (κ2) is 9.03. The van der Waals surface area contributed by atoms with E-state index < -0.39 is 0 Å². The molecule has 0 atom stereocenters. The lowest BCUT2D eigenvalue weighted by atomic mass is 10.1. The zero-order valence-electron chi connectivity index (χ0n) is 14.0. The van der Waals surface area contributed by atoms with Crippen molar-refractivity contribution in [2.45, 2.75) is 84.1 Å². The normalized spacial score (nSPS) is 12.0. The van der Waals surface area contributed by atoms with Gasteiger partial charge >= 0.3 is 5.69 Å². The van der Waals surface area contributed by atoms with Crippen molar-refractivity contribution in [3.05, 3.63) is 16.3 Å². The van der Waals surface area contributed by atoms with Crippen LogP contribution in [0.4, 0.5) is 0 Å². The predicted molar refractivity (Wildman–Crippen MR) is 87.5 cm³/mol. The van der Waals surface area contributed by atoms with Gasteiger partial charge < -0.3 is 5.73 Å². The number of aromatic amines is 1. The first-order valence-corrected chi connectivity index (χ1v) is 8.33. The molecule has 0 saturated carbocycles. The molecule has 0 bridgehead atoms. The number of hydrogen-bond acceptors (Lipinski definition) is 3. The van der Waals surface area contributed by atoms with E-state index in [0.29, 0.717) is 0 Å². The quantitative estimate of drug-likeness (QED) is 0.652. The average Bonchev–Trinajstić information content (AvgIpc) is 2.78. The van der Waals surface area contributed by atoms with Crippen LogP contribution in [0.3, 0.4) is 0 Å². The van der Waals surface area contributed by atoms with Crippen LogP contribution in [-0.4, -0.2) is 21.3 Å². The maximum absolute atomic E-state index is 11.8. The van der Waals surface area contributed by atoms with Gasteiger partial charge in [-0.1, -0.05) is 38.5 Å². The highest BCUT2D eigenvalue weighted by Crippen LogP contribution is 2.15. The lowest BCUT2D eigenvalue weighted by molar-refractivity contribution is 0.369. The van der Waals surface area contributed by atoms with E-state index in [4.69, 9.17) is 5.73 Å². The fourth-order valence-electron chi connectivity index (χ4n) is 2.68. The molecule has 1 heterocycles. The van der Waals surface area contributed by atoms with E-state index in [1.165, 1.54) is 38.5 Å². The molecule has 0 aliphatic heterocycles. The van der Waals surface area contributed by atoms with Gasteiger partial charge in [0.05, 0.1) is 0 Å². The molecule has 0 aliphatic carbocycles. The van der Waals surface area contributed by atoms with Gasteiger partial charge in [-0.2, -0.15) is 5.10 Å². The number of nitrogens with two attached hydrogens (primary N) is 1. The maximum atomic E-state index is 11.8. The molecule has 1 rings (SSSR count). The number of nitrogens with one attached hydrogen (secondary N) is 1. The van der Waals surface area contributed by atoms with Crippen molar-refractivity contribution in [1.29, 1.82) is 0 Å². The molecule has 1 aromatic rings. The number of aryl methyl sites for hydroxylation is 1. The Kier molecular flexibility index (Phi) is 7.72. The van der Waals surface area contributed by atoms with Crippen molar-refractivity contribution in [3.8, 4) is 0 Å². The number of hydrogen-bond donors (Lipinski definition) is 2. The topological polar surface area (TPSA) is 76.7 Å². The van der Waals surface area contributed by atoms with Gasteiger partial charge in [0.2, 0.25) is 0 Å². The highest BCUT2D eigenvalue weighted by atomic mass is 16.1. The predicted octanol–water partition coefficient (Wildman–Crippen LogP) is 2.95. The van der Waals surface area contributed by atoms with Crippen molar-refractivity contribution in [2.75, 3.05) is 6.54 Å². The lowest BCUT2D eigenvalue weighted by Gasteiger charge is -2.21. The molecule has 0 spiro atoms. The number of H-pyrrole nitrogens is 1. The second-order valence-corrected chi connectivity index (χ2v) is 6.82. The van der Waals surface area contributed by atoms with Gasteiger partial charge in [-0.3, -0.25) is 4.57 Å². The highest BCUT2D eigenvalue weighted by Gasteiger charge is 2.20. The molecule has 122 valence electrons. The summed E-state index contributed by atoms with van der Waals surface area (Å²) in [6, 6.07) is 0. The monoisotopic (exact) mass is 296 g/mol. The summed E-state index contributed by atoms with van der Waals surface area (Å²) >= 11 is 0. The summed E-state index contributed by atoms with van der Waals surface area (Å²) in [5.41, 5.74) is 5.17. The molecular formula is C16H32N4O. The van der Waals surface area contributed by atoms with Gasteiger partial charge in [-0.05, 0) is 40.2 Å². The Labute approximate surface area is 128 Å². The number of nitrogens with zero attached hydrogens (tertiary/aromatic N) is 2. The van der Waals surface area contributed by atoms with E-state index in [9.17, 15) is 4.79 Å². The van der Waals surface area contributed by atoms with Crippen molar-refractivity contribution < 1.29 is 0 Å². The molecule has 3 N–H and O–H groups in total. The van der Waals surface area contributed by atoms with Crippen molar-refractivity contribution in [3.63, 3.8) is 0 Å². The maximum Gasteiger partial charge on any atom is 0.343 e. The van der Waals surface area contributed by atoms with Gasteiger partial charge in [-0.25, -0.2) is 9.89 Å². The van der Waals surface area contributed by atoms with Gasteiger partial charge in [0.1, 0.15) is 5.82 Å². The first-order chi connectivity index (χ1) is 9.96. The molecule has 1 aromatic heterocycles. The van der Waals surface area contributed by atoms with Crippen molar-refractivity contribution in [2.24, 2.45) is 5.73 Å². The molecule has 0 fully saturated rings. The first-order valence-electron chi connectivity index (χ1n) is 8.33. The third-order valence-corrected chi connectivity index (χ3v) is 3.77. The van der Waals surface area contributed by atoms with Crippen LogP contribution in [0.15, 0.2) is 4.79 Å². The molecule has 0 radical (unpaired) electrons. The van der Waals surface area contributed by atoms with Crippen LogP contribution in [-0.2, 0) is 12.0 Å². The Balaban J connectivity index is 2.21. The highest BCUT2D eigenvalue weighted by molar-refractivity contribution is 4.92. The Bertz CT molecular complexity index is 442. The second-order valence-electron chi connectivity index (χ2n) is 6.82. The van der Waals surface area contributed by atoms with E-state index in [1.54, 1.807) is 4.57 Å². The average molecular weight is 296 g/mol. The minimum Gasteiger partial charge on any atom is -0.330 e. The third-order valence-electron chi connectivity index (χ3n) is 3.77. The summed E-state index contributed by atoms with van der Waals surface area (Å²) < 4.78 is 1.78. The van der Waals surface area contributed by atoms with Gasteiger partial charge in [0, 0.05) is 12.0 Å². The molecule has 0 saturated heterocycles. The van der Waals surface area contributed by atoms with Gasteiger partial charge in [0.15, 0.2) is 0 Å². The van der Waals surface area contributed by atoms with Crippen LogP contribution >= 0.6 is 0 Å². The van der Waals surface area contributed by atoms with Crippen LogP contribution in [0.2, 0.25) is 0 Å². The lowest BCUT2D eigenvalue weighted by Crippen LogP contribution is -2.33. The largest absolute Gasteiger partial charge is 0.343 e. The van der Waals surface area contributed by atoms with Crippen LogP contribution < -0.4 is 11.4 Å². The van der Waals surface area contributed by atoms with E-state index in [2.05, 4.69) is 10.2 Å². The zero-order valence-corrected chi connectivity index (χ0v) is 14.0. The van der Waals surface area contributed by atoms with Crippen LogP contribution in [0.5, 0.6) is 0 Å². The summed E-state index contributed by atoms with van der Waals surface area (Å²) in [4.78, 5) is 11.8. The van der Waals surface area contributed by atoms with Crippen LogP contribution in [0, 0.1) is 0 Å². The van der Waals surface area contributed by atoms with Crippen molar-refractivity contribution in [1.82, 2.24) is 14.8 Å². The number of rotatable bonds is 10. The molecule has 0 aromatic carbocycles. The SMILES string of the molecule is CC(C)(C)n1c(CCCCCCCCCCN)n[nH]c1=O. The molecule has 0 unspecified atom stereocenters. The van der Waals surface area contributed by atoms with Gasteiger partial charge in [0.25, 0.3) is 0 Å². The number of aromatic nitrogens is 3. The fraction of sp³-hybridized carbons (Fsp3) is 0.875. The Morgan fingerprint density at radius 3 is 2.05 bits per heavy atom. The van der Waals surface area contributed by atoms with E-state index in [0.717, 1.165) is 31.6 Å². The minimum atomic E-state index is -0.206. The number of unbranched alkanes of at least 4 members (excludes halogenated alkanes) is 7. The Morgan fingerprint density at radius 1 is 1.00 bits per heavy atom. The molecular weight excluding hydrogens is 264 g/mol. The zero-order chi connectivity index (χ0) is 15.7. The summed E-state index contributed by atoms with van der Waals surface area (Å²) in [5, 5.41) is 6.74. The molecule has 5 nitrogen and oxygen atoms in total. The smallest absolute Gasteiger partial charge is 0.330 e. The fourth-order valence-corrected chi connectivity index (χ4v) is 2.68. The van der Waals surface area contributed by atoms with E-state index in [-0.39, 0.29) is 11.2 Å². The Hall–Kier alpha value is -1.10. The summed E-state index contributed by atoms with van der Waals surface area (Å²) in [6.07, 6.45) is 10.8. The Morgan fingerprint density at radius 2 is 1.52 bits per heavy atom. The summed E-state index contributed by atoms with van der Waals surface area (Å²) in [6.45, 7) is 6.93. The van der Waals surface area contributed by atoms with E-state index >= 15 is 0 Å². The standard InChI is InChI=1S/C16H32N4O/c1-16(2,3)20-14(18-19-15(20)21)12-10-8-6-4-5-7-9-11-13-17/h4-13,17H2,1-3H3,(H,19,21). The minimum absolute atomic E-state index is 0.0996. The molecule has 0 aliphatic rings. The van der Waals surface area contributed by atoms with Crippen LogP contribution in [0.25, 0.3) is 0 Å².